The molecule has 3 N–H and O–H groups in total. The van der Waals surface area contributed by atoms with Gasteiger partial charge in [0.25, 0.3) is 0 Å². The van der Waals surface area contributed by atoms with Gasteiger partial charge in [-0.05, 0) is 18.2 Å². The first-order valence-electron chi connectivity index (χ1n) is 8.42. The number of carbonyl (C=O) groups excluding carboxylic acids is 1. The lowest BCUT2D eigenvalue weighted by atomic mass is 9.92. The Kier molecular flexibility index (Phi) is 6.65. The fraction of sp³-hybridized carbons (Fsp3) is 0.412. The summed E-state index contributed by atoms with van der Waals surface area (Å²) >= 11 is 5.49. The summed E-state index contributed by atoms with van der Waals surface area (Å²) in [5, 5.41) is 8.66. The summed E-state index contributed by atoms with van der Waals surface area (Å²) in [5.41, 5.74) is -0.649. The molecule has 0 aliphatic heterocycles. The van der Waals surface area contributed by atoms with Crippen LogP contribution in [0.3, 0.4) is 0 Å². The smallest absolute Gasteiger partial charge is 0.309 e. The Hall–Kier alpha value is -2.11. The second-order valence-electron chi connectivity index (χ2n) is 7.25. The van der Waals surface area contributed by atoms with Gasteiger partial charge in [-0.25, -0.2) is 13.1 Å². The number of benzene rings is 1. The van der Waals surface area contributed by atoms with Crippen LogP contribution in [0.5, 0.6) is 0 Å². The number of halogens is 4. The Balaban J connectivity index is 1.97. The average molecular weight is 453 g/mol. The third kappa shape index (κ3) is 6.18. The number of nitrogens with zero attached hydrogens (tertiary/aromatic N) is 1. The van der Waals surface area contributed by atoms with Gasteiger partial charge in [-0.2, -0.15) is 18.3 Å². The zero-order valence-corrected chi connectivity index (χ0v) is 17.4. The molecule has 0 fully saturated rings. The van der Waals surface area contributed by atoms with E-state index in [4.69, 9.17) is 11.6 Å². The van der Waals surface area contributed by atoms with Crippen LogP contribution in [0.2, 0.25) is 5.02 Å². The molecule has 0 radical (unpaired) electrons. The van der Waals surface area contributed by atoms with Crippen molar-refractivity contribution in [2.45, 2.75) is 43.7 Å². The van der Waals surface area contributed by atoms with E-state index in [0.717, 1.165) is 17.8 Å². The van der Waals surface area contributed by atoms with Gasteiger partial charge in [-0.3, -0.25) is 9.89 Å². The molecule has 0 unspecified atom stereocenters. The number of alkyl halides is 3. The third-order valence-corrected chi connectivity index (χ3v) is 5.64. The van der Waals surface area contributed by atoms with Crippen molar-refractivity contribution in [1.82, 2.24) is 14.9 Å². The molecular weight excluding hydrogens is 433 g/mol. The van der Waals surface area contributed by atoms with Crippen LogP contribution >= 0.6 is 11.6 Å². The van der Waals surface area contributed by atoms with Crippen molar-refractivity contribution in [2.24, 2.45) is 0 Å². The highest BCUT2D eigenvalue weighted by atomic mass is 35.5. The second kappa shape index (κ2) is 8.33. The number of hydrogen-bond acceptors (Lipinski definition) is 4. The summed E-state index contributed by atoms with van der Waals surface area (Å²) in [5.74, 6) is -0.220. The number of nitrogens with one attached hydrogen (secondary N) is 3. The van der Waals surface area contributed by atoms with Gasteiger partial charge in [0.1, 0.15) is 0 Å². The minimum Gasteiger partial charge on any atom is -0.309 e. The van der Waals surface area contributed by atoms with Gasteiger partial charge in [0.2, 0.25) is 15.9 Å². The molecule has 1 aromatic carbocycles. The van der Waals surface area contributed by atoms with E-state index < -0.39 is 37.6 Å². The van der Waals surface area contributed by atoms with E-state index in [1.165, 1.54) is 0 Å². The molecule has 12 heteroatoms. The number of H-pyrrole nitrogens is 1. The van der Waals surface area contributed by atoms with Crippen molar-refractivity contribution in [3.05, 3.63) is 40.5 Å². The van der Waals surface area contributed by atoms with E-state index in [1.807, 2.05) is 20.8 Å². The maximum atomic E-state index is 12.9. The number of aromatic amines is 1. The van der Waals surface area contributed by atoms with E-state index in [2.05, 4.69) is 20.2 Å². The Morgan fingerprint density at radius 1 is 1.21 bits per heavy atom. The van der Waals surface area contributed by atoms with Crippen LogP contribution < -0.4 is 10.0 Å². The Morgan fingerprint density at radius 2 is 1.86 bits per heavy atom. The molecule has 0 bridgehead atoms. The van der Waals surface area contributed by atoms with Crippen LogP contribution in [0, 0.1) is 0 Å². The Morgan fingerprint density at radius 3 is 2.41 bits per heavy atom. The van der Waals surface area contributed by atoms with E-state index >= 15 is 0 Å². The summed E-state index contributed by atoms with van der Waals surface area (Å²) in [6, 6.07) is 3.92. The number of aromatic nitrogens is 2. The van der Waals surface area contributed by atoms with Gasteiger partial charge in [-0.1, -0.05) is 32.4 Å². The van der Waals surface area contributed by atoms with Crippen LogP contribution in [0.4, 0.5) is 19.0 Å². The van der Waals surface area contributed by atoms with E-state index in [9.17, 15) is 26.4 Å². The molecule has 2 aromatic rings. The molecular formula is C17H20ClF3N4O3S. The molecule has 160 valence electrons. The molecule has 0 spiro atoms. The highest BCUT2D eigenvalue weighted by Crippen LogP contribution is 2.35. The van der Waals surface area contributed by atoms with Gasteiger partial charge < -0.3 is 5.32 Å². The largest absolute Gasteiger partial charge is 0.417 e. The first-order chi connectivity index (χ1) is 13.2. The molecule has 1 heterocycles. The Bertz CT molecular complexity index is 998. The summed E-state index contributed by atoms with van der Waals surface area (Å²) in [6.45, 7) is 5.57. The number of anilines is 1. The fourth-order valence-electron chi connectivity index (χ4n) is 2.25. The fourth-order valence-corrected chi connectivity index (χ4v) is 3.53. The van der Waals surface area contributed by atoms with Gasteiger partial charge in [0, 0.05) is 30.1 Å². The van der Waals surface area contributed by atoms with Gasteiger partial charge in [0.05, 0.1) is 15.5 Å². The number of hydrogen-bond donors (Lipinski definition) is 3. The third-order valence-electron chi connectivity index (χ3n) is 3.85. The van der Waals surface area contributed by atoms with Crippen molar-refractivity contribution >= 4 is 33.3 Å². The quantitative estimate of drug-likeness (QED) is 0.621. The van der Waals surface area contributed by atoms with Crippen molar-refractivity contribution in [3.8, 4) is 0 Å². The summed E-state index contributed by atoms with van der Waals surface area (Å²) in [7, 11) is -4.25. The molecule has 1 aromatic heterocycles. The zero-order valence-electron chi connectivity index (χ0n) is 15.8. The number of carbonyl (C=O) groups is 1. The highest BCUT2D eigenvalue weighted by molar-refractivity contribution is 7.89. The minimum absolute atomic E-state index is 0.195. The molecule has 29 heavy (non-hydrogen) atoms. The van der Waals surface area contributed by atoms with E-state index in [0.29, 0.717) is 6.07 Å². The van der Waals surface area contributed by atoms with Crippen LogP contribution in [0.15, 0.2) is 29.2 Å². The lowest BCUT2D eigenvalue weighted by Gasteiger charge is -2.14. The lowest BCUT2D eigenvalue weighted by Crippen LogP contribution is -2.28. The topological polar surface area (TPSA) is 104 Å². The Labute approximate surface area is 171 Å². The summed E-state index contributed by atoms with van der Waals surface area (Å²) < 4.78 is 65.2. The van der Waals surface area contributed by atoms with Gasteiger partial charge >= 0.3 is 6.18 Å². The normalized spacial score (nSPS) is 12.8. The number of rotatable bonds is 6. The predicted octanol–water partition coefficient (Wildman–Crippen LogP) is 3.69. The predicted molar refractivity (Wildman–Crippen MR) is 102 cm³/mol. The van der Waals surface area contributed by atoms with Gasteiger partial charge in [-0.15, -0.1) is 0 Å². The summed E-state index contributed by atoms with van der Waals surface area (Å²) in [6.07, 6.45) is -5.03. The van der Waals surface area contributed by atoms with Crippen molar-refractivity contribution in [2.75, 3.05) is 11.9 Å². The maximum Gasteiger partial charge on any atom is 0.417 e. The molecule has 2 rings (SSSR count). The SMILES string of the molecule is CC(C)(C)c1cc(NC(=O)CCNS(=O)(=O)c2ccc(Cl)c(C(F)(F)F)c2)n[nH]1. The highest BCUT2D eigenvalue weighted by Gasteiger charge is 2.34. The second-order valence-corrected chi connectivity index (χ2v) is 9.43. The lowest BCUT2D eigenvalue weighted by molar-refractivity contribution is -0.137. The monoisotopic (exact) mass is 452 g/mol. The van der Waals surface area contributed by atoms with Crippen LogP contribution in [-0.2, 0) is 26.4 Å². The van der Waals surface area contributed by atoms with Crippen molar-refractivity contribution in [3.63, 3.8) is 0 Å². The van der Waals surface area contributed by atoms with E-state index in [-0.39, 0.29) is 24.2 Å². The number of sulfonamides is 1. The van der Waals surface area contributed by atoms with Crippen molar-refractivity contribution in [1.29, 1.82) is 0 Å². The summed E-state index contributed by atoms with van der Waals surface area (Å²) in [4.78, 5) is 11.4. The molecule has 0 aliphatic rings. The van der Waals surface area contributed by atoms with Crippen LogP contribution in [-0.4, -0.2) is 31.1 Å². The molecule has 0 aliphatic carbocycles. The number of amides is 1. The van der Waals surface area contributed by atoms with Gasteiger partial charge in [0.15, 0.2) is 5.82 Å². The zero-order chi connectivity index (χ0) is 22.0. The average Bonchev–Trinajstić information content (AvgIpc) is 3.02. The van der Waals surface area contributed by atoms with Crippen LogP contribution in [0.25, 0.3) is 0 Å². The molecule has 7 nitrogen and oxygen atoms in total. The standard InChI is InChI=1S/C17H20ClF3N4O3S/c1-16(2,3)13-9-14(25-24-13)23-15(26)6-7-22-29(27,28)10-4-5-12(18)11(8-10)17(19,20)21/h4-5,8-9,22H,6-7H2,1-3H3,(H2,23,24,25,26). The van der Waals surface area contributed by atoms with Crippen molar-refractivity contribution < 1.29 is 26.4 Å². The molecule has 0 saturated heterocycles. The molecule has 0 saturated carbocycles. The van der Waals surface area contributed by atoms with Crippen LogP contribution in [0.1, 0.15) is 38.4 Å². The minimum atomic E-state index is -4.79. The maximum absolute atomic E-state index is 12.9. The molecule has 1 amide bonds. The van der Waals surface area contributed by atoms with E-state index in [1.54, 1.807) is 6.07 Å². The molecule has 0 atom stereocenters. The first kappa shape index (κ1) is 23.2. The first-order valence-corrected chi connectivity index (χ1v) is 10.3.